The maximum atomic E-state index is 11.6. The molecule has 0 unspecified atom stereocenters. The fourth-order valence-corrected chi connectivity index (χ4v) is 3.02. The Balaban J connectivity index is 1.77. The fourth-order valence-electron chi connectivity index (χ4n) is 1.78. The Kier molecular flexibility index (Phi) is 4.66. The molecule has 0 aliphatic heterocycles. The van der Waals surface area contributed by atoms with Gasteiger partial charge in [0.1, 0.15) is 0 Å². The van der Waals surface area contributed by atoms with Crippen molar-refractivity contribution in [2.24, 2.45) is 0 Å². The predicted octanol–water partition coefficient (Wildman–Crippen LogP) is 2.04. The molecule has 0 aromatic heterocycles. The lowest BCUT2D eigenvalue weighted by Gasteiger charge is -2.15. The second-order valence-electron chi connectivity index (χ2n) is 4.73. The number of amides is 1. The molecule has 1 aromatic rings. The van der Waals surface area contributed by atoms with Gasteiger partial charge in [-0.25, -0.2) is 0 Å². The number of nitrogens with one attached hydrogen (secondary N) is 2. The Bertz CT molecular complexity index is 390. The van der Waals surface area contributed by atoms with Gasteiger partial charge in [-0.15, -0.1) is 11.8 Å². The van der Waals surface area contributed by atoms with Crippen LogP contribution in [0.4, 0.5) is 0 Å². The summed E-state index contributed by atoms with van der Waals surface area (Å²) in [5, 5.41) is 6.03. The van der Waals surface area contributed by atoms with Crippen molar-refractivity contribution < 1.29 is 4.79 Å². The number of hydrogen-bond donors (Lipinski definition) is 2. The van der Waals surface area contributed by atoms with Crippen LogP contribution in [0.2, 0.25) is 0 Å². The van der Waals surface area contributed by atoms with Gasteiger partial charge in [0.2, 0.25) is 5.91 Å². The molecule has 0 atom stereocenters. The van der Waals surface area contributed by atoms with Crippen molar-refractivity contribution >= 4 is 17.7 Å². The Morgan fingerprint density at radius 3 is 2.67 bits per heavy atom. The number of benzene rings is 1. The van der Waals surface area contributed by atoms with Gasteiger partial charge in [-0.3, -0.25) is 4.79 Å². The standard InChI is InChI=1S/C14H20N2OS/c1-15-10-7-13(17)16-11-14(8-9-14)18-12-5-3-2-4-6-12/h2-6,15H,7-11H2,1H3,(H,16,17). The van der Waals surface area contributed by atoms with Crippen LogP contribution in [0, 0.1) is 0 Å². The fraction of sp³-hybridized carbons (Fsp3) is 0.500. The third kappa shape index (κ3) is 4.03. The SMILES string of the molecule is CNCCC(=O)NCC1(Sc2ccccc2)CC1. The minimum absolute atomic E-state index is 0.143. The number of hydrogen-bond acceptors (Lipinski definition) is 3. The molecule has 1 aromatic carbocycles. The highest BCUT2D eigenvalue weighted by molar-refractivity contribution is 8.01. The molecule has 0 saturated heterocycles. The molecular formula is C14H20N2OS. The van der Waals surface area contributed by atoms with Gasteiger partial charge in [0.05, 0.1) is 0 Å². The zero-order valence-electron chi connectivity index (χ0n) is 10.7. The maximum Gasteiger partial charge on any atom is 0.221 e. The Morgan fingerprint density at radius 1 is 1.33 bits per heavy atom. The van der Waals surface area contributed by atoms with E-state index < -0.39 is 0 Å². The molecule has 1 fully saturated rings. The summed E-state index contributed by atoms with van der Waals surface area (Å²) >= 11 is 1.89. The number of carbonyl (C=O) groups excluding carboxylic acids is 1. The minimum atomic E-state index is 0.143. The van der Waals surface area contributed by atoms with Gasteiger partial charge in [-0.1, -0.05) is 18.2 Å². The second-order valence-corrected chi connectivity index (χ2v) is 6.27. The van der Waals surface area contributed by atoms with Gasteiger partial charge in [-0.2, -0.15) is 0 Å². The predicted molar refractivity (Wildman–Crippen MR) is 75.8 cm³/mol. The van der Waals surface area contributed by atoms with Crippen molar-refractivity contribution in [1.82, 2.24) is 10.6 Å². The highest BCUT2D eigenvalue weighted by atomic mass is 32.2. The number of thioether (sulfide) groups is 1. The lowest BCUT2D eigenvalue weighted by molar-refractivity contribution is -0.120. The summed E-state index contributed by atoms with van der Waals surface area (Å²) in [6, 6.07) is 10.4. The largest absolute Gasteiger partial charge is 0.355 e. The average molecular weight is 264 g/mol. The molecule has 0 bridgehead atoms. The molecule has 1 aliphatic carbocycles. The molecule has 0 radical (unpaired) electrons. The van der Waals surface area contributed by atoms with Crippen LogP contribution in [-0.4, -0.2) is 30.8 Å². The first-order chi connectivity index (χ1) is 8.74. The van der Waals surface area contributed by atoms with Crippen molar-refractivity contribution in [1.29, 1.82) is 0 Å². The lowest BCUT2D eigenvalue weighted by atomic mass is 10.3. The molecular weight excluding hydrogens is 244 g/mol. The molecule has 2 rings (SSSR count). The first kappa shape index (κ1) is 13.4. The number of carbonyl (C=O) groups is 1. The molecule has 98 valence electrons. The van der Waals surface area contributed by atoms with E-state index in [2.05, 4.69) is 34.9 Å². The summed E-state index contributed by atoms with van der Waals surface area (Å²) < 4.78 is 0.247. The lowest BCUT2D eigenvalue weighted by Crippen LogP contribution is -2.33. The van der Waals surface area contributed by atoms with E-state index in [4.69, 9.17) is 0 Å². The maximum absolute atomic E-state index is 11.6. The van der Waals surface area contributed by atoms with Gasteiger partial charge in [0.25, 0.3) is 0 Å². The first-order valence-corrected chi connectivity index (χ1v) is 7.21. The van der Waals surface area contributed by atoms with Crippen LogP contribution in [-0.2, 0) is 4.79 Å². The van der Waals surface area contributed by atoms with Crippen LogP contribution in [0.15, 0.2) is 35.2 Å². The van der Waals surface area contributed by atoms with E-state index in [1.54, 1.807) is 0 Å². The Hall–Kier alpha value is -1.00. The van der Waals surface area contributed by atoms with Gasteiger partial charge in [0.15, 0.2) is 0 Å². The topological polar surface area (TPSA) is 41.1 Å². The molecule has 3 nitrogen and oxygen atoms in total. The molecule has 18 heavy (non-hydrogen) atoms. The zero-order valence-corrected chi connectivity index (χ0v) is 11.6. The van der Waals surface area contributed by atoms with Crippen molar-refractivity contribution in [2.45, 2.75) is 28.9 Å². The van der Waals surface area contributed by atoms with Crippen molar-refractivity contribution in [3.63, 3.8) is 0 Å². The quantitative estimate of drug-likeness (QED) is 0.792. The molecule has 0 spiro atoms. The smallest absolute Gasteiger partial charge is 0.221 e. The van der Waals surface area contributed by atoms with Crippen LogP contribution < -0.4 is 10.6 Å². The molecule has 0 heterocycles. The average Bonchev–Trinajstić information content (AvgIpc) is 3.15. The molecule has 4 heteroatoms. The summed E-state index contributed by atoms with van der Waals surface area (Å²) in [6.07, 6.45) is 2.94. The van der Waals surface area contributed by atoms with Crippen LogP contribution in [0.25, 0.3) is 0 Å². The Morgan fingerprint density at radius 2 is 2.06 bits per heavy atom. The highest BCUT2D eigenvalue weighted by Crippen LogP contribution is 2.51. The normalized spacial score (nSPS) is 16.3. The van der Waals surface area contributed by atoms with E-state index in [-0.39, 0.29) is 10.7 Å². The molecule has 1 aliphatic rings. The van der Waals surface area contributed by atoms with E-state index in [1.165, 1.54) is 17.7 Å². The third-order valence-electron chi connectivity index (χ3n) is 3.10. The van der Waals surface area contributed by atoms with Crippen LogP contribution in [0.1, 0.15) is 19.3 Å². The van der Waals surface area contributed by atoms with Gasteiger partial charge < -0.3 is 10.6 Å². The minimum Gasteiger partial charge on any atom is -0.355 e. The molecule has 2 N–H and O–H groups in total. The number of rotatable bonds is 7. The van der Waals surface area contributed by atoms with E-state index >= 15 is 0 Å². The van der Waals surface area contributed by atoms with Crippen LogP contribution >= 0.6 is 11.8 Å². The highest BCUT2D eigenvalue weighted by Gasteiger charge is 2.43. The van der Waals surface area contributed by atoms with E-state index in [1.807, 2.05) is 24.9 Å². The van der Waals surface area contributed by atoms with Crippen molar-refractivity contribution in [2.75, 3.05) is 20.1 Å². The molecule has 1 saturated carbocycles. The summed E-state index contributed by atoms with van der Waals surface area (Å²) in [7, 11) is 1.86. The Labute approximate surface area is 113 Å². The van der Waals surface area contributed by atoms with Gasteiger partial charge in [0, 0.05) is 29.2 Å². The van der Waals surface area contributed by atoms with E-state index in [0.717, 1.165) is 13.1 Å². The monoisotopic (exact) mass is 264 g/mol. The van der Waals surface area contributed by atoms with Crippen LogP contribution in [0.3, 0.4) is 0 Å². The van der Waals surface area contributed by atoms with Gasteiger partial charge >= 0.3 is 0 Å². The van der Waals surface area contributed by atoms with Crippen LogP contribution in [0.5, 0.6) is 0 Å². The van der Waals surface area contributed by atoms with E-state index in [0.29, 0.717) is 6.42 Å². The summed E-state index contributed by atoms with van der Waals surface area (Å²) in [5.74, 6) is 0.143. The summed E-state index contributed by atoms with van der Waals surface area (Å²) in [4.78, 5) is 12.9. The second kappa shape index (κ2) is 6.25. The summed E-state index contributed by atoms with van der Waals surface area (Å²) in [5.41, 5.74) is 0. The zero-order chi connectivity index (χ0) is 12.8. The molecule has 1 amide bonds. The van der Waals surface area contributed by atoms with Crippen molar-refractivity contribution in [3.8, 4) is 0 Å². The summed E-state index contributed by atoms with van der Waals surface area (Å²) in [6.45, 7) is 1.53. The van der Waals surface area contributed by atoms with E-state index in [9.17, 15) is 4.79 Å². The van der Waals surface area contributed by atoms with Gasteiger partial charge in [-0.05, 0) is 32.0 Å². The third-order valence-corrected chi connectivity index (χ3v) is 4.59. The van der Waals surface area contributed by atoms with Crippen molar-refractivity contribution in [3.05, 3.63) is 30.3 Å². The first-order valence-electron chi connectivity index (χ1n) is 6.39.